The van der Waals surface area contributed by atoms with Crippen LogP contribution in [0.1, 0.15) is 96.5 Å². The molecule has 0 radical (unpaired) electrons. The standard InChI is InChI=1S/C37H45N3O/c1-22(2)29-20-27(25-11-7-6-8-12-25)21-30(23(3)4)35(29)40-33-14-10-9-13-32(33)39-36(40)26-16-18-34-31(19-26)28-17-15-24(5)38-37(28)41-34/h7,11,15-20,22-23,25,30,36,39H,6,8-10,12-14,21H2,1-5H3. The van der Waals surface area contributed by atoms with Gasteiger partial charge >= 0.3 is 0 Å². The molecule has 0 saturated heterocycles. The van der Waals surface area contributed by atoms with Crippen molar-refractivity contribution in [1.82, 2.24) is 15.2 Å². The van der Waals surface area contributed by atoms with E-state index in [9.17, 15) is 0 Å². The SMILES string of the molecule is Cc1ccc2c(n1)oc1ccc(C3NC4=C(CCCC4)N3C3=C(C(C)C)C=C(C4C=CCCC4)CC3C(C)C)cc12. The molecule has 3 heterocycles. The molecule has 3 aliphatic carbocycles. The lowest BCUT2D eigenvalue weighted by Gasteiger charge is -2.43. The number of pyridine rings is 1. The molecule has 41 heavy (non-hydrogen) atoms. The second-order valence-electron chi connectivity index (χ2n) is 13.4. The van der Waals surface area contributed by atoms with Crippen LogP contribution in [0.3, 0.4) is 0 Å². The van der Waals surface area contributed by atoms with Gasteiger partial charge in [0.25, 0.3) is 0 Å². The summed E-state index contributed by atoms with van der Waals surface area (Å²) in [5.74, 6) is 2.15. The molecule has 0 fully saturated rings. The van der Waals surface area contributed by atoms with Gasteiger partial charge in [0.2, 0.25) is 5.71 Å². The summed E-state index contributed by atoms with van der Waals surface area (Å²) in [5.41, 5.74) is 11.7. The summed E-state index contributed by atoms with van der Waals surface area (Å²) >= 11 is 0. The third kappa shape index (κ3) is 4.64. The van der Waals surface area contributed by atoms with Crippen molar-refractivity contribution < 1.29 is 4.42 Å². The normalized spacial score (nSPS) is 25.1. The minimum Gasteiger partial charge on any atom is -0.438 e. The largest absolute Gasteiger partial charge is 0.438 e. The molecule has 214 valence electrons. The van der Waals surface area contributed by atoms with Crippen LogP contribution in [0, 0.1) is 30.6 Å². The maximum absolute atomic E-state index is 6.18. The summed E-state index contributed by atoms with van der Waals surface area (Å²) in [5, 5.41) is 6.31. The molecule has 7 rings (SSSR count). The predicted octanol–water partition coefficient (Wildman–Crippen LogP) is 9.85. The Morgan fingerprint density at radius 2 is 1.85 bits per heavy atom. The monoisotopic (exact) mass is 547 g/mol. The molecule has 3 unspecified atom stereocenters. The number of furan rings is 1. The van der Waals surface area contributed by atoms with Gasteiger partial charge in [-0.15, -0.1) is 0 Å². The third-order valence-electron chi connectivity index (χ3n) is 9.97. The molecule has 1 aromatic carbocycles. The Kier molecular flexibility index (Phi) is 6.84. The van der Waals surface area contributed by atoms with E-state index in [4.69, 9.17) is 4.42 Å². The molecule has 2 aromatic heterocycles. The Morgan fingerprint density at radius 1 is 1.00 bits per heavy atom. The number of aromatic nitrogens is 1. The quantitative estimate of drug-likeness (QED) is 0.323. The molecule has 3 atom stereocenters. The minimum atomic E-state index is 0.0976. The van der Waals surface area contributed by atoms with Crippen molar-refractivity contribution in [1.29, 1.82) is 0 Å². The fourth-order valence-corrected chi connectivity index (χ4v) is 7.76. The zero-order valence-corrected chi connectivity index (χ0v) is 25.5. The number of aryl methyl sites for hydroxylation is 1. The highest BCUT2D eigenvalue weighted by Crippen LogP contribution is 2.50. The van der Waals surface area contributed by atoms with Gasteiger partial charge in [0.15, 0.2) is 0 Å². The molecule has 0 saturated carbocycles. The molecule has 4 nitrogen and oxygen atoms in total. The number of nitrogens with one attached hydrogen (secondary N) is 1. The van der Waals surface area contributed by atoms with E-state index < -0.39 is 0 Å². The molecule has 4 aliphatic rings. The lowest BCUT2D eigenvalue weighted by molar-refractivity contribution is 0.244. The fourth-order valence-electron chi connectivity index (χ4n) is 7.76. The highest BCUT2D eigenvalue weighted by atomic mass is 16.3. The molecular weight excluding hydrogens is 502 g/mol. The minimum absolute atomic E-state index is 0.0976. The van der Waals surface area contributed by atoms with E-state index >= 15 is 0 Å². The summed E-state index contributed by atoms with van der Waals surface area (Å²) in [7, 11) is 0. The predicted molar refractivity (Wildman–Crippen MR) is 169 cm³/mol. The highest BCUT2D eigenvalue weighted by molar-refractivity contribution is 6.03. The first-order valence-electron chi connectivity index (χ1n) is 16.1. The first kappa shape index (κ1) is 26.6. The topological polar surface area (TPSA) is 41.3 Å². The van der Waals surface area contributed by atoms with E-state index in [1.54, 1.807) is 16.8 Å². The van der Waals surface area contributed by atoms with Crippen LogP contribution in [-0.2, 0) is 0 Å². The second kappa shape index (κ2) is 10.5. The Hall–Kier alpha value is -3.27. The van der Waals surface area contributed by atoms with E-state index in [-0.39, 0.29) is 6.17 Å². The smallest absolute Gasteiger partial charge is 0.227 e. The van der Waals surface area contributed by atoms with Crippen molar-refractivity contribution in [2.75, 3.05) is 0 Å². The average Bonchev–Trinajstić information content (AvgIpc) is 3.54. The third-order valence-corrected chi connectivity index (χ3v) is 9.97. The van der Waals surface area contributed by atoms with E-state index in [1.165, 1.54) is 55.5 Å². The van der Waals surface area contributed by atoms with Gasteiger partial charge in [-0.25, -0.2) is 4.98 Å². The van der Waals surface area contributed by atoms with Gasteiger partial charge in [-0.3, -0.25) is 0 Å². The van der Waals surface area contributed by atoms with Crippen molar-refractivity contribution in [2.45, 2.75) is 92.2 Å². The van der Waals surface area contributed by atoms with Gasteiger partial charge in [-0.05, 0) is 111 Å². The van der Waals surface area contributed by atoms with Gasteiger partial charge in [-0.2, -0.15) is 0 Å². The van der Waals surface area contributed by atoms with Gasteiger partial charge in [-0.1, -0.05) is 57.6 Å². The zero-order chi connectivity index (χ0) is 28.2. The number of allylic oxidation sites excluding steroid dienone is 8. The average molecular weight is 548 g/mol. The first-order chi connectivity index (χ1) is 19.9. The van der Waals surface area contributed by atoms with Crippen molar-refractivity contribution in [3.63, 3.8) is 0 Å². The van der Waals surface area contributed by atoms with E-state index in [0.717, 1.165) is 40.6 Å². The Bertz CT molecular complexity index is 1610. The van der Waals surface area contributed by atoms with Crippen molar-refractivity contribution >= 4 is 22.1 Å². The number of hydrogen-bond acceptors (Lipinski definition) is 4. The zero-order valence-electron chi connectivity index (χ0n) is 25.5. The molecule has 0 bridgehead atoms. The van der Waals surface area contributed by atoms with Crippen LogP contribution in [0.2, 0.25) is 0 Å². The van der Waals surface area contributed by atoms with Crippen LogP contribution in [-0.4, -0.2) is 9.88 Å². The Morgan fingerprint density at radius 3 is 2.63 bits per heavy atom. The summed E-state index contributed by atoms with van der Waals surface area (Å²) in [6.07, 6.45) is 17.5. The lowest BCUT2D eigenvalue weighted by Crippen LogP contribution is -2.36. The summed E-state index contributed by atoms with van der Waals surface area (Å²) in [6.45, 7) is 11.7. The van der Waals surface area contributed by atoms with Crippen LogP contribution in [0.5, 0.6) is 0 Å². The van der Waals surface area contributed by atoms with Crippen LogP contribution >= 0.6 is 0 Å². The van der Waals surface area contributed by atoms with E-state index in [2.05, 4.69) is 91.5 Å². The highest BCUT2D eigenvalue weighted by Gasteiger charge is 2.41. The molecular formula is C37H45N3O. The maximum Gasteiger partial charge on any atom is 0.227 e. The van der Waals surface area contributed by atoms with Crippen LogP contribution in [0.15, 0.2) is 81.2 Å². The molecule has 1 aliphatic heterocycles. The Labute approximate surface area is 245 Å². The van der Waals surface area contributed by atoms with Gasteiger partial charge in [0.05, 0.1) is 0 Å². The summed E-state index contributed by atoms with van der Waals surface area (Å²) in [6, 6.07) is 11.0. The lowest BCUT2D eigenvalue weighted by atomic mass is 9.72. The molecule has 0 amide bonds. The van der Waals surface area contributed by atoms with Gasteiger partial charge < -0.3 is 14.6 Å². The van der Waals surface area contributed by atoms with Crippen LogP contribution < -0.4 is 5.32 Å². The van der Waals surface area contributed by atoms with Gasteiger partial charge in [0, 0.05) is 39.5 Å². The van der Waals surface area contributed by atoms with Crippen molar-refractivity contribution in [2.24, 2.45) is 23.7 Å². The fraction of sp³-hybridized carbons (Fsp3) is 0.486. The molecule has 1 N–H and O–H groups in total. The number of rotatable bonds is 5. The van der Waals surface area contributed by atoms with E-state index in [1.807, 2.05) is 6.92 Å². The maximum atomic E-state index is 6.18. The van der Waals surface area contributed by atoms with E-state index in [0.29, 0.717) is 23.7 Å². The summed E-state index contributed by atoms with van der Waals surface area (Å²) in [4.78, 5) is 7.44. The van der Waals surface area contributed by atoms with Gasteiger partial charge in [0.1, 0.15) is 11.7 Å². The molecule has 0 spiro atoms. The number of benzene rings is 1. The van der Waals surface area contributed by atoms with Crippen LogP contribution in [0.4, 0.5) is 0 Å². The second-order valence-corrected chi connectivity index (χ2v) is 13.4. The number of fused-ring (bicyclic) bond motifs is 3. The number of hydrogen-bond donors (Lipinski definition) is 1. The molecule has 4 heteroatoms. The first-order valence-corrected chi connectivity index (χ1v) is 16.1. The number of nitrogens with zero attached hydrogens (tertiary/aromatic N) is 2. The molecule has 3 aromatic rings. The Balaban J connectivity index is 1.39. The van der Waals surface area contributed by atoms with Crippen molar-refractivity contribution in [3.8, 4) is 0 Å². The van der Waals surface area contributed by atoms with Crippen molar-refractivity contribution in [3.05, 3.63) is 88.1 Å². The van der Waals surface area contributed by atoms with Crippen LogP contribution in [0.25, 0.3) is 22.1 Å². The summed E-state index contributed by atoms with van der Waals surface area (Å²) < 4.78 is 6.18.